The number of hydrogen-bond donors (Lipinski definition) is 1. The zero-order valence-corrected chi connectivity index (χ0v) is 18.7. The van der Waals surface area contributed by atoms with Crippen molar-refractivity contribution in [1.82, 2.24) is 15.1 Å². The summed E-state index contributed by atoms with van der Waals surface area (Å²) in [5.74, 6) is -0.239. The predicted molar refractivity (Wildman–Crippen MR) is 115 cm³/mol. The molecule has 0 spiro atoms. The molecule has 2 saturated heterocycles. The molecule has 1 aromatic rings. The lowest BCUT2D eigenvalue weighted by atomic mass is 9.89. The maximum Gasteiger partial charge on any atom is 0.416 e. The fourth-order valence-electron chi connectivity index (χ4n) is 4.57. The number of urea groups is 1. The van der Waals surface area contributed by atoms with E-state index in [9.17, 15) is 32.9 Å². The predicted octanol–water partition coefficient (Wildman–Crippen LogP) is 3.58. The van der Waals surface area contributed by atoms with Crippen LogP contribution in [0.15, 0.2) is 18.2 Å². The van der Waals surface area contributed by atoms with Crippen LogP contribution in [0.5, 0.6) is 0 Å². The molecule has 3 amide bonds. The highest BCUT2D eigenvalue weighted by atomic mass is 19.4. The lowest BCUT2D eigenvalue weighted by Gasteiger charge is -2.37. The molecular weight excluding hydrogens is 443 g/mol. The van der Waals surface area contributed by atoms with Crippen LogP contribution in [0.4, 0.5) is 29.3 Å². The largest absolute Gasteiger partial charge is 0.416 e. The Morgan fingerprint density at radius 2 is 1.70 bits per heavy atom. The van der Waals surface area contributed by atoms with Crippen molar-refractivity contribution in [3.63, 3.8) is 0 Å². The van der Waals surface area contributed by atoms with Crippen LogP contribution in [0.25, 0.3) is 0 Å². The third-order valence-corrected chi connectivity index (χ3v) is 6.15. The number of nitro groups is 1. The number of imide groups is 1. The first-order valence-electron chi connectivity index (χ1n) is 11.0. The van der Waals surface area contributed by atoms with Crippen molar-refractivity contribution in [1.29, 1.82) is 0 Å². The Morgan fingerprint density at radius 1 is 1.09 bits per heavy atom. The molecule has 0 radical (unpaired) electrons. The molecule has 9 nitrogen and oxygen atoms in total. The van der Waals surface area contributed by atoms with E-state index in [1.54, 1.807) is 4.90 Å². The number of piperazine rings is 1. The number of nitro benzene ring substituents is 1. The number of carbonyl (C=O) groups is 2. The van der Waals surface area contributed by atoms with Crippen molar-refractivity contribution in [3.8, 4) is 0 Å². The minimum atomic E-state index is -4.67. The van der Waals surface area contributed by atoms with Crippen LogP contribution in [0, 0.1) is 10.1 Å². The van der Waals surface area contributed by atoms with Gasteiger partial charge in [0, 0.05) is 32.2 Å². The van der Waals surface area contributed by atoms with Gasteiger partial charge in [-0.2, -0.15) is 13.2 Å². The summed E-state index contributed by atoms with van der Waals surface area (Å²) in [6.45, 7) is 5.42. The minimum absolute atomic E-state index is 0.1000. The quantitative estimate of drug-likeness (QED) is 0.354. The molecule has 2 fully saturated rings. The van der Waals surface area contributed by atoms with Crippen LogP contribution < -0.4 is 10.2 Å². The summed E-state index contributed by atoms with van der Waals surface area (Å²) in [6, 6.07) is 2.08. The molecule has 0 saturated carbocycles. The number of nitrogens with zero attached hydrogens (tertiary/aromatic N) is 4. The van der Waals surface area contributed by atoms with Gasteiger partial charge in [0.25, 0.3) is 11.6 Å². The number of carbonyl (C=O) groups excluding carboxylic acids is 2. The lowest BCUT2D eigenvalue weighted by Crippen LogP contribution is -2.52. The van der Waals surface area contributed by atoms with Crippen LogP contribution in [0.2, 0.25) is 0 Å². The normalized spacial score (nSPS) is 19.2. The third-order valence-electron chi connectivity index (χ3n) is 6.15. The van der Waals surface area contributed by atoms with Crippen molar-refractivity contribution in [3.05, 3.63) is 33.9 Å². The van der Waals surface area contributed by atoms with Gasteiger partial charge in [-0.05, 0) is 25.0 Å². The van der Waals surface area contributed by atoms with E-state index in [1.807, 2.05) is 18.7 Å². The first-order valence-corrected chi connectivity index (χ1v) is 11.0. The average Bonchev–Trinajstić information content (AvgIpc) is 2.98. The number of amides is 3. The van der Waals surface area contributed by atoms with E-state index >= 15 is 0 Å². The summed E-state index contributed by atoms with van der Waals surface area (Å²) in [7, 11) is 0. The molecule has 12 heteroatoms. The second-order valence-corrected chi connectivity index (χ2v) is 8.45. The molecular formula is C21H28F3N5O4. The van der Waals surface area contributed by atoms with E-state index in [4.69, 9.17) is 0 Å². The van der Waals surface area contributed by atoms with Gasteiger partial charge in [-0.1, -0.05) is 26.7 Å². The summed E-state index contributed by atoms with van der Waals surface area (Å²) >= 11 is 0. The molecule has 1 N–H and O–H groups in total. The zero-order chi connectivity index (χ0) is 24.4. The van der Waals surface area contributed by atoms with Crippen LogP contribution in [0.1, 0.15) is 45.1 Å². The molecule has 2 aliphatic rings. The summed E-state index contributed by atoms with van der Waals surface area (Å²) in [4.78, 5) is 40.9. The number of hydrogen-bond acceptors (Lipinski definition) is 6. The Hall–Kier alpha value is -2.89. The van der Waals surface area contributed by atoms with Crippen molar-refractivity contribution in [2.75, 3.05) is 37.7 Å². The number of rotatable bonds is 8. The van der Waals surface area contributed by atoms with Gasteiger partial charge >= 0.3 is 12.2 Å². The molecule has 33 heavy (non-hydrogen) atoms. The lowest BCUT2D eigenvalue weighted by molar-refractivity contribution is -0.384. The van der Waals surface area contributed by atoms with E-state index in [2.05, 4.69) is 5.32 Å². The molecule has 0 aromatic heterocycles. The fraction of sp³-hybridized carbons (Fsp3) is 0.619. The van der Waals surface area contributed by atoms with Gasteiger partial charge < -0.3 is 10.2 Å². The molecule has 1 aromatic carbocycles. The molecule has 0 bridgehead atoms. The first kappa shape index (κ1) is 24.7. The van der Waals surface area contributed by atoms with Gasteiger partial charge in [0.15, 0.2) is 0 Å². The highest BCUT2D eigenvalue weighted by molar-refractivity contribution is 6.07. The van der Waals surface area contributed by atoms with E-state index in [0.717, 1.165) is 25.0 Å². The molecule has 3 rings (SSSR count). The molecule has 0 atom stereocenters. The van der Waals surface area contributed by atoms with Crippen LogP contribution >= 0.6 is 0 Å². The van der Waals surface area contributed by atoms with Gasteiger partial charge in [0.05, 0.1) is 17.2 Å². The summed E-state index contributed by atoms with van der Waals surface area (Å²) < 4.78 is 38.9. The zero-order valence-electron chi connectivity index (χ0n) is 18.7. The number of benzene rings is 1. The molecule has 182 valence electrons. The topological polar surface area (TPSA) is 99.0 Å². The van der Waals surface area contributed by atoms with Crippen molar-refractivity contribution >= 4 is 23.3 Å². The van der Waals surface area contributed by atoms with Crippen LogP contribution in [-0.4, -0.2) is 65.0 Å². The highest BCUT2D eigenvalue weighted by Gasteiger charge is 2.50. The highest BCUT2D eigenvalue weighted by Crippen LogP contribution is 2.37. The monoisotopic (exact) mass is 471 g/mol. The third kappa shape index (κ3) is 5.05. The Morgan fingerprint density at radius 3 is 2.21 bits per heavy atom. The number of anilines is 1. The molecule has 2 heterocycles. The van der Waals surface area contributed by atoms with Gasteiger partial charge in [0.1, 0.15) is 11.2 Å². The van der Waals surface area contributed by atoms with E-state index < -0.39 is 33.9 Å². The van der Waals surface area contributed by atoms with Gasteiger partial charge in [-0.25, -0.2) is 9.69 Å². The minimum Gasteiger partial charge on any atom is -0.363 e. The van der Waals surface area contributed by atoms with E-state index in [0.29, 0.717) is 45.1 Å². The smallest absolute Gasteiger partial charge is 0.363 e. The second kappa shape index (κ2) is 9.54. The van der Waals surface area contributed by atoms with Crippen LogP contribution in [0.3, 0.4) is 0 Å². The van der Waals surface area contributed by atoms with Crippen molar-refractivity contribution < 1.29 is 27.7 Å². The maximum atomic E-state index is 13.0. The average molecular weight is 471 g/mol. The molecule has 0 aliphatic carbocycles. The molecule has 0 unspecified atom stereocenters. The Kier molecular flexibility index (Phi) is 7.15. The first-order chi connectivity index (χ1) is 15.5. The summed E-state index contributed by atoms with van der Waals surface area (Å²) in [5, 5.41) is 14.3. The van der Waals surface area contributed by atoms with Gasteiger partial charge in [0.2, 0.25) is 0 Å². The summed E-state index contributed by atoms with van der Waals surface area (Å²) in [5.41, 5.74) is -2.43. The Bertz CT molecular complexity index is 910. The SMILES string of the molecule is CCCC1(CCC)NC(=O)N(CN2CCN(c3ccc(C(F)(F)F)cc3[N+](=O)[O-])CC2)C1=O. The second-order valence-electron chi connectivity index (χ2n) is 8.45. The fourth-order valence-corrected chi connectivity index (χ4v) is 4.57. The Labute approximate surface area is 189 Å². The van der Waals surface area contributed by atoms with Crippen LogP contribution in [-0.2, 0) is 11.0 Å². The van der Waals surface area contributed by atoms with Gasteiger partial charge in [-0.15, -0.1) is 0 Å². The van der Waals surface area contributed by atoms with Crippen molar-refractivity contribution in [2.24, 2.45) is 0 Å². The van der Waals surface area contributed by atoms with Gasteiger partial charge in [-0.3, -0.25) is 19.8 Å². The Balaban J connectivity index is 1.68. The summed E-state index contributed by atoms with van der Waals surface area (Å²) in [6.07, 6.45) is -2.04. The van der Waals surface area contributed by atoms with Crippen molar-refractivity contribution in [2.45, 2.75) is 51.2 Å². The number of halogens is 3. The van der Waals surface area contributed by atoms with E-state index in [-0.39, 0.29) is 18.3 Å². The molecule has 2 aliphatic heterocycles. The maximum absolute atomic E-state index is 13.0. The number of alkyl halides is 3. The standard InChI is InChI=1S/C21H28F3N5O4/c1-3-7-20(8-4-2)18(30)28(19(31)25-20)14-26-9-11-27(12-10-26)16-6-5-15(21(22,23)24)13-17(16)29(32)33/h5-6,13H,3-4,7-12,14H2,1-2H3,(H,25,31). The van der Waals surface area contributed by atoms with E-state index in [1.165, 1.54) is 4.90 Å². The number of nitrogens with one attached hydrogen (secondary N) is 1.